The van der Waals surface area contributed by atoms with Crippen molar-refractivity contribution in [1.29, 1.82) is 0 Å². The Labute approximate surface area is 90.5 Å². The summed E-state index contributed by atoms with van der Waals surface area (Å²) in [5.41, 5.74) is -0.0372. The molecule has 7 nitrogen and oxygen atoms in total. The summed E-state index contributed by atoms with van der Waals surface area (Å²) in [4.78, 5) is 35.1. The van der Waals surface area contributed by atoms with E-state index in [1.54, 1.807) is 0 Å². The number of hydrogen-bond donors (Lipinski definition) is 4. The molecule has 1 aromatic carbocycles. The van der Waals surface area contributed by atoms with Crippen molar-refractivity contribution in [3.63, 3.8) is 0 Å². The predicted molar refractivity (Wildman–Crippen MR) is 53.8 cm³/mol. The molecule has 0 aromatic heterocycles. The fraction of sp³-hybridized carbons (Fsp3) is 0. The molecule has 0 aliphatic heterocycles. The summed E-state index contributed by atoms with van der Waals surface area (Å²) < 4.78 is 8.74. The van der Waals surface area contributed by atoms with E-state index >= 15 is 0 Å². The smallest absolute Gasteiger partial charge is 0.335 e. The topological polar surface area (TPSA) is 132 Å². The Morgan fingerprint density at radius 3 is 1.56 bits per heavy atom. The lowest BCUT2D eigenvalue weighted by Gasteiger charge is -1.95. The Hall–Kier alpha value is -1.69. The summed E-state index contributed by atoms with van der Waals surface area (Å²) in [6, 6.07) is 5.20. The minimum absolute atomic E-state index is 0.0186. The van der Waals surface area contributed by atoms with Gasteiger partial charge in [-0.15, -0.1) is 0 Å². The fourth-order valence-corrected chi connectivity index (χ4v) is 0.785. The zero-order chi connectivity index (χ0) is 12.7. The normalized spacial score (nSPS) is 9.19. The van der Waals surface area contributed by atoms with Gasteiger partial charge >= 0.3 is 20.2 Å². The van der Waals surface area contributed by atoms with Gasteiger partial charge in [0.1, 0.15) is 0 Å². The second-order valence-electron chi connectivity index (χ2n) is 2.47. The SMILES string of the molecule is O=C(O)c1cccc(C(=O)O)c1.O=[PH](O)O. The van der Waals surface area contributed by atoms with Gasteiger partial charge in [-0.25, -0.2) is 9.59 Å². The van der Waals surface area contributed by atoms with E-state index in [9.17, 15) is 9.59 Å². The van der Waals surface area contributed by atoms with Crippen molar-refractivity contribution in [2.45, 2.75) is 0 Å². The minimum atomic E-state index is -3.13. The quantitative estimate of drug-likeness (QED) is 0.558. The molecule has 0 aliphatic rings. The summed E-state index contributed by atoms with van der Waals surface area (Å²) >= 11 is 0. The van der Waals surface area contributed by atoms with Crippen molar-refractivity contribution < 1.29 is 34.2 Å². The number of carbonyl (C=O) groups is 2. The zero-order valence-corrected chi connectivity index (χ0v) is 8.82. The van der Waals surface area contributed by atoms with Crippen LogP contribution < -0.4 is 0 Å². The molecule has 8 heteroatoms. The van der Waals surface area contributed by atoms with Gasteiger partial charge in [0.05, 0.1) is 11.1 Å². The Morgan fingerprint density at radius 1 is 1.00 bits per heavy atom. The molecule has 0 unspecified atom stereocenters. The van der Waals surface area contributed by atoms with E-state index < -0.39 is 20.2 Å². The van der Waals surface area contributed by atoms with Crippen LogP contribution in [-0.2, 0) is 4.57 Å². The van der Waals surface area contributed by atoms with E-state index in [0.29, 0.717) is 0 Å². The van der Waals surface area contributed by atoms with Gasteiger partial charge in [-0.2, -0.15) is 0 Å². The molecule has 0 radical (unpaired) electrons. The highest BCUT2D eigenvalue weighted by atomic mass is 31.1. The van der Waals surface area contributed by atoms with Crippen LogP contribution in [0.15, 0.2) is 24.3 Å². The largest absolute Gasteiger partial charge is 0.478 e. The van der Waals surface area contributed by atoms with Crippen molar-refractivity contribution in [3.8, 4) is 0 Å². The van der Waals surface area contributed by atoms with Gasteiger partial charge in [-0.1, -0.05) is 6.07 Å². The van der Waals surface area contributed by atoms with Crippen molar-refractivity contribution in [1.82, 2.24) is 0 Å². The maximum Gasteiger partial charge on any atom is 0.335 e. The van der Waals surface area contributed by atoms with Gasteiger partial charge in [-0.3, -0.25) is 4.57 Å². The third kappa shape index (κ3) is 5.92. The molecule has 0 atom stereocenters. The highest BCUT2D eigenvalue weighted by Gasteiger charge is 2.06. The van der Waals surface area contributed by atoms with Gasteiger partial charge in [0.2, 0.25) is 0 Å². The van der Waals surface area contributed by atoms with Crippen LogP contribution in [0.1, 0.15) is 20.7 Å². The van der Waals surface area contributed by atoms with E-state index in [-0.39, 0.29) is 11.1 Å². The highest BCUT2D eigenvalue weighted by molar-refractivity contribution is 7.30. The van der Waals surface area contributed by atoms with Crippen LogP contribution in [0.3, 0.4) is 0 Å². The van der Waals surface area contributed by atoms with E-state index in [1.807, 2.05) is 0 Å². The van der Waals surface area contributed by atoms with Crippen LogP contribution >= 0.6 is 8.25 Å². The first-order valence-corrected chi connectivity index (χ1v) is 5.13. The van der Waals surface area contributed by atoms with Crippen LogP contribution in [0.2, 0.25) is 0 Å². The van der Waals surface area contributed by atoms with Gasteiger partial charge in [0.25, 0.3) is 0 Å². The van der Waals surface area contributed by atoms with Crippen LogP contribution in [0.4, 0.5) is 0 Å². The lowest BCUT2D eigenvalue weighted by Crippen LogP contribution is -2.01. The molecule has 0 saturated heterocycles. The van der Waals surface area contributed by atoms with Gasteiger partial charge in [0, 0.05) is 0 Å². The third-order valence-corrected chi connectivity index (χ3v) is 1.36. The summed E-state index contributed by atoms with van der Waals surface area (Å²) in [5.74, 6) is -2.25. The van der Waals surface area contributed by atoms with Gasteiger partial charge in [-0.05, 0) is 18.2 Å². The lowest BCUT2D eigenvalue weighted by atomic mass is 10.1. The van der Waals surface area contributed by atoms with Crippen LogP contribution in [0.5, 0.6) is 0 Å². The molecule has 4 N–H and O–H groups in total. The highest BCUT2D eigenvalue weighted by Crippen LogP contribution is 2.04. The molecule has 0 fully saturated rings. The summed E-state index contributed by atoms with van der Waals surface area (Å²) in [7, 11) is -3.13. The minimum Gasteiger partial charge on any atom is -0.478 e. The molecule has 0 heterocycles. The van der Waals surface area contributed by atoms with E-state index in [2.05, 4.69) is 0 Å². The van der Waals surface area contributed by atoms with Crippen molar-refractivity contribution in [2.24, 2.45) is 0 Å². The Bertz CT molecular complexity index is 381. The van der Waals surface area contributed by atoms with E-state index in [1.165, 1.54) is 18.2 Å². The van der Waals surface area contributed by atoms with E-state index in [0.717, 1.165) is 6.07 Å². The maximum absolute atomic E-state index is 10.4. The Morgan fingerprint density at radius 2 is 1.31 bits per heavy atom. The van der Waals surface area contributed by atoms with Crippen molar-refractivity contribution in [2.75, 3.05) is 0 Å². The molecule has 1 aromatic rings. The Kier molecular flexibility index (Phi) is 6.02. The second-order valence-corrected chi connectivity index (χ2v) is 3.04. The average molecular weight is 248 g/mol. The molecular formula is C8H9O7P. The molecular weight excluding hydrogens is 239 g/mol. The molecule has 0 aliphatic carbocycles. The van der Waals surface area contributed by atoms with Crippen LogP contribution in [0.25, 0.3) is 0 Å². The first kappa shape index (κ1) is 14.3. The lowest BCUT2D eigenvalue weighted by molar-refractivity contribution is 0.0696. The van der Waals surface area contributed by atoms with Crippen molar-refractivity contribution >= 4 is 20.2 Å². The molecule has 16 heavy (non-hydrogen) atoms. The van der Waals surface area contributed by atoms with Gasteiger partial charge in [0.15, 0.2) is 0 Å². The van der Waals surface area contributed by atoms with Crippen LogP contribution in [-0.4, -0.2) is 31.9 Å². The maximum atomic E-state index is 10.4. The van der Waals surface area contributed by atoms with Crippen molar-refractivity contribution in [3.05, 3.63) is 35.4 Å². The number of aromatic carboxylic acids is 2. The number of benzene rings is 1. The van der Waals surface area contributed by atoms with Gasteiger partial charge < -0.3 is 20.0 Å². The number of rotatable bonds is 2. The first-order valence-electron chi connectivity index (χ1n) is 3.83. The standard InChI is InChI=1S/C8H6O4.H3O3P/c9-7(10)5-2-1-3-6(4-5)8(11)12;1-4(2)3/h1-4H,(H,9,10)(H,11,12);4H,(H2,1,2,3). The number of carboxylic acid groups (broad SMARTS) is 2. The average Bonchev–Trinajstić information content (AvgIpc) is 2.17. The summed E-state index contributed by atoms with van der Waals surface area (Å²) in [6.07, 6.45) is 0. The first-order chi connectivity index (χ1) is 7.34. The molecule has 1 rings (SSSR count). The molecule has 0 bridgehead atoms. The number of hydrogen-bond acceptors (Lipinski definition) is 3. The second kappa shape index (κ2) is 6.73. The summed E-state index contributed by atoms with van der Waals surface area (Å²) in [5, 5.41) is 17.0. The Balaban J connectivity index is 0.000000487. The molecule has 88 valence electrons. The molecule has 0 spiro atoms. The zero-order valence-electron chi connectivity index (χ0n) is 7.82. The molecule has 0 saturated carbocycles. The van der Waals surface area contributed by atoms with E-state index in [4.69, 9.17) is 24.6 Å². The predicted octanol–water partition coefficient (Wildman–Crippen LogP) is 0.444. The monoisotopic (exact) mass is 248 g/mol. The van der Waals surface area contributed by atoms with Crippen LogP contribution in [0, 0.1) is 0 Å². The molecule has 0 amide bonds. The number of carboxylic acids is 2. The fourth-order valence-electron chi connectivity index (χ4n) is 0.785. The summed E-state index contributed by atoms with van der Waals surface area (Å²) in [6.45, 7) is 0. The third-order valence-electron chi connectivity index (χ3n) is 1.36.